The van der Waals surface area contributed by atoms with E-state index >= 15 is 0 Å². The van der Waals surface area contributed by atoms with Gasteiger partial charge in [-0.2, -0.15) is 4.98 Å². The largest absolute Gasteiger partial charge is 0.480 e. The van der Waals surface area contributed by atoms with Crippen LogP contribution < -0.4 is 4.74 Å². The summed E-state index contributed by atoms with van der Waals surface area (Å²) < 4.78 is 29.8. The monoisotopic (exact) mass is 347 g/mol. The smallest absolute Gasteiger partial charge is 0.264 e. The van der Waals surface area contributed by atoms with Crippen molar-refractivity contribution in [2.75, 3.05) is 13.7 Å². The topological polar surface area (TPSA) is 77.7 Å². The second-order valence-corrected chi connectivity index (χ2v) is 6.34. The van der Waals surface area contributed by atoms with Crippen molar-refractivity contribution < 1.29 is 23.2 Å². The molecule has 1 aromatic carbocycles. The maximum Gasteiger partial charge on any atom is 0.264 e. The van der Waals surface area contributed by atoms with E-state index < -0.39 is 6.10 Å². The van der Waals surface area contributed by atoms with E-state index in [9.17, 15) is 9.18 Å². The number of methoxy groups -OCH3 is 1. The highest BCUT2D eigenvalue weighted by molar-refractivity contribution is 5.83. The van der Waals surface area contributed by atoms with Crippen LogP contribution in [0, 0.1) is 12.7 Å². The molecule has 3 heterocycles. The van der Waals surface area contributed by atoms with E-state index in [1.807, 2.05) is 0 Å². The van der Waals surface area contributed by atoms with E-state index in [-0.39, 0.29) is 23.9 Å². The number of halogens is 1. The molecule has 2 aromatic rings. The minimum Gasteiger partial charge on any atom is -0.480 e. The minimum atomic E-state index is -0.682. The zero-order chi connectivity index (χ0) is 17.6. The molecule has 7 nitrogen and oxygen atoms in total. The lowest BCUT2D eigenvalue weighted by Gasteiger charge is -2.24. The van der Waals surface area contributed by atoms with Crippen molar-refractivity contribution in [1.82, 2.24) is 15.0 Å². The van der Waals surface area contributed by atoms with Crippen LogP contribution in [0.5, 0.6) is 5.75 Å². The van der Waals surface area contributed by atoms with E-state index in [4.69, 9.17) is 14.0 Å². The maximum atomic E-state index is 13.4. The fourth-order valence-corrected chi connectivity index (χ4v) is 3.43. The van der Waals surface area contributed by atoms with Crippen LogP contribution in [0.15, 0.2) is 22.7 Å². The van der Waals surface area contributed by atoms with Crippen molar-refractivity contribution >= 4 is 5.91 Å². The molecule has 0 saturated carbocycles. The molecule has 0 bridgehead atoms. The Labute approximate surface area is 143 Å². The predicted molar refractivity (Wildman–Crippen MR) is 83.4 cm³/mol. The molecule has 0 aliphatic carbocycles. The minimum absolute atomic E-state index is 0.109. The molecule has 1 saturated heterocycles. The average Bonchev–Trinajstić information content (AvgIpc) is 3.30. The van der Waals surface area contributed by atoms with Crippen LogP contribution in [-0.4, -0.2) is 46.8 Å². The first-order valence-electron chi connectivity index (χ1n) is 8.13. The van der Waals surface area contributed by atoms with E-state index in [0.717, 1.165) is 0 Å². The van der Waals surface area contributed by atoms with Gasteiger partial charge in [0.1, 0.15) is 17.6 Å². The second kappa shape index (κ2) is 6.11. The van der Waals surface area contributed by atoms with E-state index in [1.54, 1.807) is 25.0 Å². The van der Waals surface area contributed by atoms with Gasteiger partial charge >= 0.3 is 0 Å². The highest BCUT2D eigenvalue weighted by Crippen LogP contribution is 2.36. The molecule has 2 aliphatic rings. The Morgan fingerprint density at radius 3 is 3.00 bits per heavy atom. The number of aryl methyl sites for hydroxylation is 1. The number of likely N-dealkylation sites (tertiary alicyclic amines) is 1. The summed E-state index contributed by atoms with van der Waals surface area (Å²) >= 11 is 0. The van der Waals surface area contributed by atoms with Gasteiger partial charge in [-0.15, -0.1) is 0 Å². The summed E-state index contributed by atoms with van der Waals surface area (Å²) in [6, 6.07) is 3.94. The highest BCUT2D eigenvalue weighted by atomic mass is 19.1. The lowest BCUT2D eigenvalue weighted by Crippen LogP contribution is -2.41. The zero-order valence-corrected chi connectivity index (χ0v) is 13.9. The molecule has 0 N–H and O–H groups in total. The first-order chi connectivity index (χ1) is 12.0. The van der Waals surface area contributed by atoms with Gasteiger partial charge in [0.2, 0.25) is 5.89 Å². The molecule has 132 valence electrons. The molecule has 3 atom stereocenters. The molecule has 0 spiro atoms. The predicted octanol–water partition coefficient (Wildman–Crippen LogP) is 1.81. The van der Waals surface area contributed by atoms with Crippen LogP contribution in [0.25, 0.3) is 0 Å². The van der Waals surface area contributed by atoms with Crippen LogP contribution in [0.1, 0.15) is 29.7 Å². The fourth-order valence-electron chi connectivity index (χ4n) is 3.43. The lowest BCUT2D eigenvalue weighted by molar-refractivity contribution is -0.139. The molecule has 4 rings (SSSR count). The van der Waals surface area contributed by atoms with Crippen LogP contribution in [-0.2, 0) is 16.0 Å². The number of fused-ring (bicyclic) bond motifs is 1. The number of nitrogens with zero attached hydrogens (tertiary/aromatic N) is 3. The normalized spacial score (nSPS) is 25.1. The Morgan fingerprint density at radius 1 is 1.44 bits per heavy atom. The van der Waals surface area contributed by atoms with Gasteiger partial charge in [0.05, 0.1) is 6.10 Å². The molecular weight excluding hydrogens is 329 g/mol. The van der Waals surface area contributed by atoms with E-state index in [2.05, 4.69) is 10.1 Å². The van der Waals surface area contributed by atoms with Crippen molar-refractivity contribution in [3.8, 4) is 5.75 Å². The zero-order valence-electron chi connectivity index (χ0n) is 13.9. The van der Waals surface area contributed by atoms with Gasteiger partial charge in [0.25, 0.3) is 5.91 Å². The number of aromatic nitrogens is 2. The highest BCUT2D eigenvalue weighted by Gasteiger charge is 2.43. The number of rotatable bonds is 3. The quantitative estimate of drug-likeness (QED) is 0.843. The number of carbonyl (C=O) groups excluding carboxylic acids is 1. The molecule has 8 heteroatoms. The third kappa shape index (κ3) is 2.86. The number of amides is 1. The summed E-state index contributed by atoms with van der Waals surface area (Å²) in [6.45, 7) is 2.15. The van der Waals surface area contributed by atoms with Crippen LogP contribution >= 0.6 is 0 Å². The van der Waals surface area contributed by atoms with Crippen molar-refractivity contribution in [3.05, 3.63) is 41.3 Å². The number of hydrogen-bond donors (Lipinski definition) is 0. The van der Waals surface area contributed by atoms with Gasteiger partial charge in [-0.05, 0) is 25.1 Å². The van der Waals surface area contributed by atoms with E-state index in [0.29, 0.717) is 42.4 Å². The van der Waals surface area contributed by atoms with Crippen LogP contribution in [0.2, 0.25) is 0 Å². The molecular formula is C17H18FN3O4. The van der Waals surface area contributed by atoms with Gasteiger partial charge in [0.15, 0.2) is 11.9 Å². The summed E-state index contributed by atoms with van der Waals surface area (Å²) in [5.41, 5.74) is 0.700. The van der Waals surface area contributed by atoms with Crippen molar-refractivity contribution in [2.45, 2.75) is 38.0 Å². The Bertz CT molecular complexity index is 809. The van der Waals surface area contributed by atoms with E-state index in [1.165, 1.54) is 12.1 Å². The van der Waals surface area contributed by atoms with Crippen molar-refractivity contribution in [1.29, 1.82) is 0 Å². The SMILES string of the molecule is CO[C@H]1C[C@H](c2nc(C)no2)N(C(=O)C2Cc3cc(F)ccc3O2)C1. The van der Waals surface area contributed by atoms with Gasteiger partial charge in [-0.1, -0.05) is 5.16 Å². The van der Waals surface area contributed by atoms with Crippen molar-refractivity contribution in [3.63, 3.8) is 0 Å². The van der Waals surface area contributed by atoms with Crippen LogP contribution in [0.4, 0.5) is 4.39 Å². The Balaban J connectivity index is 1.56. The average molecular weight is 347 g/mol. The first kappa shape index (κ1) is 16.0. The van der Waals surface area contributed by atoms with Crippen LogP contribution in [0.3, 0.4) is 0 Å². The van der Waals surface area contributed by atoms with Gasteiger partial charge in [0, 0.05) is 32.1 Å². The summed E-state index contributed by atoms with van der Waals surface area (Å²) in [7, 11) is 1.61. The molecule has 2 aliphatic heterocycles. The number of benzene rings is 1. The molecule has 25 heavy (non-hydrogen) atoms. The third-order valence-electron chi connectivity index (χ3n) is 4.68. The van der Waals surface area contributed by atoms with Gasteiger partial charge in [-0.25, -0.2) is 4.39 Å². The lowest BCUT2D eigenvalue weighted by atomic mass is 10.1. The molecule has 1 amide bonds. The molecule has 0 radical (unpaired) electrons. The Morgan fingerprint density at radius 2 is 2.28 bits per heavy atom. The second-order valence-electron chi connectivity index (χ2n) is 6.34. The Hall–Kier alpha value is -2.48. The van der Waals surface area contributed by atoms with Gasteiger partial charge < -0.3 is 18.9 Å². The summed E-state index contributed by atoms with van der Waals surface area (Å²) in [5, 5.41) is 3.81. The third-order valence-corrected chi connectivity index (χ3v) is 4.68. The molecule has 1 fully saturated rings. The number of ether oxygens (including phenoxy) is 2. The number of carbonyl (C=O) groups is 1. The van der Waals surface area contributed by atoms with Gasteiger partial charge in [-0.3, -0.25) is 4.79 Å². The number of hydrogen-bond acceptors (Lipinski definition) is 6. The fraction of sp³-hybridized carbons (Fsp3) is 0.471. The summed E-state index contributed by atoms with van der Waals surface area (Å²) in [4.78, 5) is 18.9. The molecule has 1 unspecified atom stereocenters. The summed E-state index contributed by atoms with van der Waals surface area (Å²) in [6.07, 6.45) is 0.134. The summed E-state index contributed by atoms with van der Waals surface area (Å²) in [5.74, 6) is 0.940. The standard InChI is InChI=1S/C17H18FN3O4/c1-9-19-16(25-20-9)13-7-12(23-2)8-21(13)17(22)15-6-10-5-11(18)3-4-14(10)24-15/h3-5,12-13,15H,6-8H2,1-2H3/t12-,13+,15?/m0/s1. The molecule has 1 aromatic heterocycles. The Kier molecular flexibility index (Phi) is 3.91. The van der Waals surface area contributed by atoms with Crippen molar-refractivity contribution in [2.24, 2.45) is 0 Å². The maximum absolute atomic E-state index is 13.4. The first-order valence-corrected chi connectivity index (χ1v) is 8.13.